The lowest BCUT2D eigenvalue weighted by Crippen LogP contribution is -2.16. The highest BCUT2D eigenvalue weighted by Gasteiger charge is 2.27. The number of ether oxygens (including phenoxy) is 1. The van der Waals surface area contributed by atoms with Crippen molar-refractivity contribution in [2.45, 2.75) is 31.2 Å². The van der Waals surface area contributed by atoms with E-state index in [9.17, 15) is 0 Å². The molecule has 2 aromatic carbocycles. The second-order valence-electron chi connectivity index (χ2n) is 6.71. The van der Waals surface area contributed by atoms with Crippen LogP contribution in [-0.2, 0) is 7.05 Å². The Labute approximate surface area is 147 Å². The van der Waals surface area contributed by atoms with Gasteiger partial charge in [0.1, 0.15) is 5.75 Å². The summed E-state index contributed by atoms with van der Waals surface area (Å²) in [6.07, 6.45) is 1.18. The maximum absolute atomic E-state index is 6.23. The SMILES string of the molecule is Cc1ccc(OCC2CCSc3c2c2ccccc2n3C)c(C)c1. The Kier molecular flexibility index (Phi) is 4.05. The fraction of sp³-hybridized carbons (Fsp3) is 0.333. The first kappa shape index (κ1) is 15.6. The number of benzene rings is 2. The molecule has 0 fully saturated rings. The van der Waals surface area contributed by atoms with Crippen molar-refractivity contribution in [1.29, 1.82) is 0 Å². The molecule has 1 unspecified atom stereocenters. The number of para-hydroxylation sites is 1. The Bertz CT molecular complexity index is 896. The van der Waals surface area contributed by atoms with Crippen molar-refractivity contribution < 1.29 is 4.74 Å². The fourth-order valence-corrected chi connectivity index (χ4v) is 5.05. The Hall–Kier alpha value is -1.87. The van der Waals surface area contributed by atoms with Crippen molar-refractivity contribution in [3.8, 4) is 5.75 Å². The maximum atomic E-state index is 6.23. The molecule has 0 saturated heterocycles. The van der Waals surface area contributed by atoms with E-state index in [1.807, 2.05) is 11.8 Å². The topological polar surface area (TPSA) is 14.2 Å². The Morgan fingerprint density at radius 1 is 1.17 bits per heavy atom. The quantitative estimate of drug-likeness (QED) is 0.630. The average Bonchev–Trinajstić information content (AvgIpc) is 2.88. The van der Waals surface area contributed by atoms with Gasteiger partial charge in [-0.3, -0.25) is 0 Å². The van der Waals surface area contributed by atoms with Crippen LogP contribution in [0.25, 0.3) is 10.9 Å². The van der Waals surface area contributed by atoms with Crippen LogP contribution >= 0.6 is 11.8 Å². The number of thioether (sulfide) groups is 1. The minimum atomic E-state index is 0.466. The van der Waals surface area contributed by atoms with Crippen molar-refractivity contribution in [3.05, 3.63) is 59.2 Å². The van der Waals surface area contributed by atoms with E-state index in [0.29, 0.717) is 5.92 Å². The van der Waals surface area contributed by atoms with E-state index in [1.54, 1.807) is 0 Å². The van der Waals surface area contributed by atoms with Crippen molar-refractivity contribution in [3.63, 3.8) is 0 Å². The second-order valence-corrected chi connectivity index (χ2v) is 7.79. The molecule has 4 rings (SSSR count). The Morgan fingerprint density at radius 3 is 2.83 bits per heavy atom. The van der Waals surface area contributed by atoms with Gasteiger partial charge in [-0.2, -0.15) is 0 Å². The molecule has 1 aliphatic heterocycles. The molecular weight excluding hydrogens is 314 g/mol. The van der Waals surface area contributed by atoms with Crippen LogP contribution in [0.2, 0.25) is 0 Å². The molecule has 0 saturated carbocycles. The van der Waals surface area contributed by atoms with E-state index in [-0.39, 0.29) is 0 Å². The average molecular weight is 337 g/mol. The number of hydrogen-bond donors (Lipinski definition) is 0. The van der Waals surface area contributed by atoms with E-state index in [0.717, 1.165) is 18.1 Å². The van der Waals surface area contributed by atoms with Crippen LogP contribution in [0.4, 0.5) is 0 Å². The zero-order valence-electron chi connectivity index (χ0n) is 14.5. The third kappa shape index (κ3) is 2.61. The molecule has 2 nitrogen and oxygen atoms in total. The number of aryl methyl sites for hydroxylation is 3. The van der Waals surface area contributed by atoms with Gasteiger partial charge >= 0.3 is 0 Å². The summed E-state index contributed by atoms with van der Waals surface area (Å²) in [6, 6.07) is 15.2. The predicted molar refractivity (Wildman–Crippen MR) is 102 cm³/mol. The molecule has 1 aromatic heterocycles. The molecule has 0 aliphatic carbocycles. The van der Waals surface area contributed by atoms with Crippen LogP contribution in [0.1, 0.15) is 29.0 Å². The summed E-state index contributed by atoms with van der Waals surface area (Å²) in [6.45, 7) is 5.01. The number of rotatable bonds is 3. The summed E-state index contributed by atoms with van der Waals surface area (Å²) in [5, 5.41) is 2.80. The van der Waals surface area contributed by atoms with Gasteiger partial charge in [0.25, 0.3) is 0 Å². The summed E-state index contributed by atoms with van der Waals surface area (Å²) >= 11 is 1.98. The van der Waals surface area contributed by atoms with Gasteiger partial charge in [0.15, 0.2) is 0 Å². The first-order valence-corrected chi connectivity index (χ1v) is 9.54. The molecule has 0 amide bonds. The molecule has 1 aliphatic rings. The van der Waals surface area contributed by atoms with Gasteiger partial charge < -0.3 is 9.30 Å². The molecule has 3 heteroatoms. The van der Waals surface area contributed by atoms with Gasteiger partial charge in [-0.05, 0) is 43.5 Å². The van der Waals surface area contributed by atoms with Crippen molar-refractivity contribution in [1.82, 2.24) is 4.57 Å². The Balaban J connectivity index is 1.66. The van der Waals surface area contributed by atoms with Gasteiger partial charge in [0.2, 0.25) is 0 Å². The number of nitrogens with zero attached hydrogens (tertiary/aromatic N) is 1. The van der Waals surface area contributed by atoms with Gasteiger partial charge in [-0.15, -0.1) is 11.8 Å². The van der Waals surface area contributed by atoms with E-state index in [1.165, 1.54) is 39.0 Å². The summed E-state index contributed by atoms with van der Waals surface area (Å²) in [5.74, 6) is 2.64. The third-order valence-electron chi connectivity index (χ3n) is 4.97. The molecule has 124 valence electrons. The largest absolute Gasteiger partial charge is 0.493 e. The predicted octanol–water partition coefficient (Wildman–Crippen LogP) is 5.45. The summed E-state index contributed by atoms with van der Waals surface area (Å²) in [7, 11) is 2.18. The second kappa shape index (κ2) is 6.21. The molecule has 1 atom stereocenters. The molecule has 0 radical (unpaired) electrons. The fourth-order valence-electron chi connectivity index (χ4n) is 3.73. The lowest BCUT2D eigenvalue weighted by atomic mass is 9.96. The van der Waals surface area contributed by atoms with Crippen LogP contribution in [0.5, 0.6) is 5.75 Å². The molecular formula is C21H23NOS. The van der Waals surface area contributed by atoms with E-state index in [4.69, 9.17) is 4.74 Å². The van der Waals surface area contributed by atoms with Crippen molar-refractivity contribution >= 4 is 22.7 Å². The van der Waals surface area contributed by atoms with Crippen LogP contribution in [0.3, 0.4) is 0 Å². The minimum absolute atomic E-state index is 0.466. The number of fused-ring (bicyclic) bond motifs is 3. The molecule has 0 bridgehead atoms. The highest BCUT2D eigenvalue weighted by atomic mass is 32.2. The zero-order chi connectivity index (χ0) is 16.7. The van der Waals surface area contributed by atoms with Crippen LogP contribution in [0.15, 0.2) is 47.5 Å². The third-order valence-corrected chi connectivity index (χ3v) is 6.18. The summed E-state index contributed by atoms with van der Waals surface area (Å²) in [5.41, 5.74) is 5.31. The highest BCUT2D eigenvalue weighted by Crippen LogP contribution is 2.43. The Morgan fingerprint density at radius 2 is 2.00 bits per heavy atom. The van der Waals surface area contributed by atoms with Crippen LogP contribution in [0, 0.1) is 13.8 Å². The number of hydrogen-bond acceptors (Lipinski definition) is 2. The van der Waals surface area contributed by atoms with Crippen molar-refractivity contribution in [2.24, 2.45) is 7.05 Å². The zero-order valence-corrected chi connectivity index (χ0v) is 15.3. The van der Waals surface area contributed by atoms with Gasteiger partial charge in [-0.25, -0.2) is 0 Å². The molecule has 0 spiro atoms. The van der Waals surface area contributed by atoms with Crippen LogP contribution in [-0.4, -0.2) is 16.9 Å². The lowest BCUT2D eigenvalue weighted by Gasteiger charge is -2.24. The molecule has 0 N–H and O–H groups in total. The molecule has 24 heavy (non-hydrogen) atoms. The van der Waals surface area contributed by atoms with Crippen LogP contribution < -0.4 is 4.74 Å². The first-order chi connectivity index (χ1) is 11.6. The van der Waals surface area contributed by atoms with Gasteiger partial charge in [-0.1, -0.05) is 35.9 Å². The van der Waals surface area contributed by atoms with Gasteiger partial charge in [0, 0.05) is 29.6 Å². The normalized spacial score (nSPS) is 17.0. The summed E-state index contributed by atoms with van der Waals surface area (Å²) in [4.78, 5) is 0. The maximum Gasteiger partial charge on any atom is 0.122 e. The highest BCUT2D eigenvalue weighted by molar-refractivity contribution is 7.99. The van der Waals surface area contributed by atoms with E-state index >= 15 is 0 Å². The number of aromatic nitrogens is 1. The van der Waals surface area contributed by atoms with E-state index < -0.39 is 0 Å². The van der Waals surface area contributed by atoms with E-state index in [2.05, 4.69) is 67.9 Å². The lowest BCUT2D eigenvalue weighted by molar-refractivity contribution is 0.281. The molecule has 3 aromatic rings. The molecule has 2 heterocycles. The first-order valence-electron chi connectivity index (χ1n) is 8.55. The summed E-state index contributed by atoms with van der Waals surface area (Å²) < 4.78 is 8.57. The smallest absolute Gasteiger partial charge is 0.122 e. The van der Waals surface area contributed by atoms with Crippen molar-refractivity contribution in [2.75, 3.05) is 12.4 Å². The standard InChI is InChI=1S/C21H23NOS/c1-14-8-9-19(15(2)12-14)23-13-16-10-11-24-21-20(16)17-6-4-5-7-18(17)22(21)3/h4-9,12,16H,10-11,13H2,1-3H3. The van der Waals surface area contributed by atoms with Gasteiger partial charge in [0.05, 0.1) is 11.6 Å². The monoisotopic (exact) mass is 337 g/mol. The minimum Gasteiger partial charge on any atom is -0.493 e.